The van der Waals surface area contributed by atoms with Gasteiger partial charge in [-0.3, -0.25) is 0 Å². The predicted molar refractivity (Wildman–Crippen MR) is 61.9 cm³/mol. The first-order chi connectivity index (χ1) is 9.84. The topological polar surface area (TPSA) is 90.1 Å². The summed E-state index contributed by atoms with van der Waals surface area (Å²) in [6.45, 7) is -0.369. The fourth-order valence-corrected chi connectivity index (χ4v) is 1.74. The summed E-state index contributed by atoms with van der Waals surface area (Å²) in [7, 11) is 1.32. The first-order valence-electron chi connectivity index (χ1n) is 5.56. The Balaban J connectivity index is 2.48. The van der Waals surface area contributed by atoms with Crippen LogP contribution in [0.15, 0.2) is 18.3 Å². The van der Waals surface area contributed by atoms with E-state index < -0.39 is 23.5 Å². The number of carboxylic acid groups (broad SMARTS) is 1. The van der Waals surface area contributed by atoms with Gasteiger partial charge in [-0.05, 0) is 6.07 Å². The van der Waals surface area contributed by atoms with Crippen LogP contribution in [0.2, 0.25) is 0 Å². The molecule has 0 aliphatic heterocycles. The lowest BCUT2D eigenvalue weighted by molar-refractivity contribution is -0.144. The molecule has 2 aromatic heterocycles. The van der Waals surface area contributed by atoms with Crippen molar-refractivity contribution in [1.82, 2.24) is 20.0 Å². The number of ether oxygens (including phenoxy) is 1. The van der Waals surface area contributed by atoms with Crippen molar-refractivity contribution in [2.75, 3.05) is 7.11 Å². The van der Waals surface area contributed by atoms with Crippen molar-refractivity contribution >= 4 is 5.97 Å². The number of aromatic carboxylic acids is 1. The highest BCUT2D eigenvalue weighted by Crippen LogP contribution is 2.31. The Bertz CT molecular complexity index is 669. The second-order valence-corrected chi connectivity index (χ2v) is 3.92. The van der Waals surface area contributed by atoms with E-state index in [0.717, 1.165) is 0 Å². The summed E-state index contributed by atoms with van der Waals surface area (Å²) in [5.74, 6) is -1.68. The van der Waals surface area contributed by atoms with Gasteiger partial charge in [-0.1, -0.05) is 11.3 Å². The highest BCUT2D eigenvalue weighted by molar-refractivity contribution is 5.86. The van der Waals surface area contributed by atoms with Crippen molar-refractivity contribution in [3.8, 4) is 5.88 Å². The molecule has 0 unspecified atom stereocenters. The van der Waals surface area contributed by atoms with Crippen molar-refractivity contribution in [3.63, 3.8) is 0 Å². The molecule has 0 aliphatic carbocycles. The molecule has 0 amide bonds. The average molecular weight is 302 g/mol. The number of carbonyl (C=O) groups is 1. The molecule has 0 spiro atoms. The number of halogens is 3. The molecule has 2 heterocycles. The fraction of sp³-hybridized carbons (Fsp3) is 0.273. The van der Waals surface area contributed by atoms with Crippen molar-refractivity contribution < 1.29 is 27.8 Å². The Labute approximate surface area is 116 Å². The van der Waals surface area contributed by atoms with E-state index in [-0.39, 0.29) is 12.4 Å². The molecule has 0 fully saturated rings. The first-order valence-corrected chi connectivity index (χ1v) is 5.56. The van der Waals surface area contributed by atoms with E-state index in [1.165, 1.54) is 25.4 Å². The molecular weight excluding hydrogens is 293 g/mol. The number of methoxy groups -OCH3 is 1. The van der Waals surface area contributed by atoms with E-state index in [4.69, 9.17) is 9.84 Å². The number of hydrogen-bond acceptors (Lipinski definition) is 5. The molecule has 0 saturated heterocycles. The smallest absolute Gasteiger partial charge is 0.435 e. The van der Waals surface area contributed by atoms with Crippen LogP contribution in [0.1, 0.15) is 21.7 Å². The summed E-state index contributed by atoms with van der Waals surface area (Å²) in [6, 6.07) is 3.01. The number of pyridine rings is 1. The molecule has 7 nitrogen and oxygen atoms in total. The predicted octanol–water partition coefficient (Wildman–Crippen LogP) is 1.45. The Morgan fingerprint density at radius 3 is 2.76 bits per heavy atom. The van der Waals surface area contributed by atoms with Crippen molar-refractivity contribution in [2.24, 2.45) is 0 Å². The molecular formula is C11H9F3N4O3. The van der Waals surface area contributed by atoms with E-state index >= 15 is 0 Å². The summed E-state index contributed by atoms with van der Waals surface area (Å²) in [5.41, 5.74) is -2.27. The van der Waals surface area contributed by atoms with Gasteiger partial charge < -0.3 is 9.84 Å². The highest BCUT2D eigenvalue weighted by atomic mass is 19.4. The molecule has 2 rings (SSSR count). The van der Waals surface area contributed by atoms with E-state index in [0.29, 0.717) is 10.2 Å². The van der Waals surface area contributed by atoms with Crippen LogP contribution < -0.4 is 4.74 Å². The van der Waals surface area contributed by atoms with Crippen LogP contribution >= 0.6 is 0 Å². The normalized spacial score (nSPS) is 11.4. The Kier molecular flexibility index (Phi) is 3.78. The largest absolute Gasteiger partial charge is 0.481 e. The average Bonchev–Trinajstić information content (AvgIpc) is 2.83. The molecule has 112 valence electrons. The zero-order valence-electron chi connectivity index (χ0n) is 10.6. The number of nitrogens with zero attached hydrogens (tertiary/aromatic N) is 4. The van der Waals surface area contributed by atoms with Gasteiger partial charge in [0.25, 0.3) is 0 Å². The van der Waals surface area contributed by atoms with Crippen LogP contribution in [0.5, 0.6) is 5.88 Å². The Hall–Kier alpha value is -2.65. The fourth-order valence-electron chi connectivity index (χ4n) is 1.74. The Morgan fingerprint density at radius 2 is 2.19 bits per heavy atom. The summed E-state index contributed by atoms with van der Waals surface area (Å²) >= 11 is 0. The Morgan fingerprint density at radius 1 is 1.48 bits per heavy atom. The van der Waals surface area contributed by atoms with Crippen LogP contribution in [-0.2, 0) is 12.7 Å². The standard InChI is InChI=1S/C11H9F3N4O3/c1-21-9-6(3-2-4-15-9)5-18-8(11(12,13)14)7(10(19)20)16-17-18/h2-4H,5H2,1H3,(H,19,20). The molecule has 0 atom stereocenters. The van der Waals surface area contributed by atoms with Gasteiger partial charge in [0, 0.05) is 11.8 Å². The van der Waals surface area contributed by atoms with Gasteiger partial charge in [0.1, 0.15) is 0 Å². The maximum Gasteiger partial charge on any atom is 0.435 e. The van der Waals surface area contributed by atoms with E-state index in [2.05, 4.69) is 15.3 Å². The van der Waals surface area contributed by atoms with Gasteiger partial charge in [0.2, 0.25) is 11.6 Å². The van der Waals surface area contributed by atoms with Gasteiger partial charge in [-0.2, -0.15) is 13.2 Å². The lowest BCUT2D eigenvalue weighted by Gasteiger charge is -2.11. The molecule has 0 bridgehead atoms. The number of hydrogen-bond donors (Lipinski definition) is 1. The van der Waals surface area contributed by atoms with Crippen molar-refractivity contribution in [3.05, 3.63) is 35.3 Å². The third-order valence-corrected chi connectivity index (χ3v) is 2.57. The summed E-state index contributed by atoms with van der Waals surface area (Å²) in [5, 5.41) is 15.1. The molecule has 0 aromatic carbocycles. The zero-order chi connectivity index (χ0) is 15.6. The molecule has 0 aliphatic rings. The second-order valence-electron chi connectivity index (χ2n) is 3.92. The van der Waals surface area contributed by atoms with Crippen LogP contribution in [0, 0.1) is 0 Å². The molecule has 0 saturated carbocycles. The monoisotopic (exact) mass is 302 g/mol. The molecule has 10 heteroatoms. The second kappa shape index (κ2) is 5.38. The third kappa shape index (κ3) is 2.93. The highest BCUT2D eigenvalue weighted by Gasteiger charge is 2.41. The van der Waals surface area contributed by atoms with Crippen LogP contribution in [0.4, 0.5) is 13.2 Å². The zero-order valence-corrected chi connectivity index (χ0v) is 10.6. The lowest BCUT2D eigenvalue weighted by Crippen LogP contribution is -2.19. The molecule has 1 N–H and O–H groups in total. The quantitative estimate of drug-likeness (QED) is 0.919. The summed E-state index contributed by atoms with van der Waals surface area (Å²) in [6.07, 6.45) is -3.48. The van der Waals surface area contributed by atoms with Gasteiger partial charge in [0.05, 0.1) is 13.7 Å². The van der Waals surface area contributed by atoms with E-state index in [9.17, 15) is 18.0 Å². The minimum atomic E-state index is -4.90. The molecule has 2 aromatic rings. The van der Waals surface area contributed by atoms with Gasteiger partial charge in [-0.15, -0.1) is 5.10 Å². The maximum absolute atomic E-state index is 13.0. The van der Waals surface area contributed by atoms with Gasteiger partial charge >= 0.3 is 12.1 Å². The van der Waals surface area contributed by atoms with Gasteiger partial charge in [0.15, 0.2) is 5.69 Å². The van der Waals surface area contributed by atoms with Crippen LogP contribution in [-0.4, -0.2) is 38.2 Å². The number of carboxylic acids is 1. The SMILES string of the molecule is COc1ncccc1Cn1nnc(C(=O)O)c1C(F)(F)F. The first kappa shape index (κ1) is 14.8. The minimum absolute atomic E-state index is 0.123. The van der Waals surface area contributed by atoms with Crippen molar-refractivity contribution in [1.29, 1.82) is 0 Å². The summed E-state index contributed by atoms with van der Waals surface area (Å²) in [4.78, 5) is 14.7. The number of aromatic nitrogens is 4. The van der Waals surface area contributed by atoms with E-state index in [1.807, 2.05) is 0 Å². The third-order valence-electron chi connectivity index (χ3n) is 2.57. The number of rotatable bonds is 4. The lowest BCUT2D eigenvalue weighted by atomic mass is 10.2. The maximum atomic E-state index is 13.0. The number of alkyl halides is 3. The summed E-state index contributed by atoms with van der Waals surface area (Å²) < 4.78 is 44.3. The van der Waals surface area contributed by atoms with Crippen LogP contribution in [0.25, 0.3) is 0 Å². The van der Waals surface area contributed by atoms with Gasteiger partial charge in [-0.25, -0.2) is 14.5 Å². The van der Waals surface area contributed by atoms with Crippen LogP contribution in [0.3, 0.4) is 0 Å². The molecule has 21 heavy (non-hydrogen) atoms. The minimum Gasteiger partial charge on any atom is -0.481 e. The van der Waals surface area contributed by atoms with E-state index in [1.54, 1.807) is 0 Å². The molecule has 0 radical (unpaired) electrons. The van der Waals surface area contributed by atoms with Crippen molar-refractivity contribution in [2.45, 2.75) is 12.7 Å².